The van der Waals surface area contributed by atoms with E-state index in [2.05, 4.69) is 4.98 Å². The fourth-order valence-electron chi connectivity index (χ4n) is 2.43. The molecule has 0 spiro atoms. The SMILES string of the molecule is NS(=O)(=O)c1ccc(Oc2cncc(F)c2)c2c1C(=O)C(F)(F)C2F. The van der Waals surface area contributed by atoms with Gasteiger partial charge in [0.2, 0.25) is 22.0 Å². The van der Waals surface area contributed by atoms with E-state index in [1.54, 1.807) is 0 Å². The summed E-state index contributed by atoms with van der Waals surface area (Å²) in [5.41, 5.74) is -2.05. The molecule has 2 N–H and O–H groups in total. The summed E-state index contributed by atoms with van der Waals surface area (Å²) >= 11 is 0. The monoisotopic (exact) mass is 376 g/mol. The highest BCUT2D eigenvalue weighted by atomic mass is 32.2. The number of halogens is 4. The smallest absolute Gasteiger partial charge is 0.344 e. The summed E-state index contributed by atoms with van der Waals surface area (Å²) in [5, 5.41) is 4.90. The highest BCUT2D eigenvalue weighted by molar-refractivity contribution is 7.89. The molecule has 0 saturated heterocycles. The van der Waals surface area contributed by atoms with Crippen LogP contribution in [0.15, 0.2) is 35.5 Å². The minimum absolute atomic E-state index is 0.263. The molecule has 1 aromatic heterocycles. The number of fused-ring (bicyclic) bond motifs is 1. The Morgan fingerprint density at radius 3 is 2.52 bits per heavy atom. The number of ketones is 1. The number of benzene rings is 1. The number of rotatable bonds is 3. The molecule has 6 nitrogen and oxygen atoms in total. The van der Waals surface area contributed by atoms with Crippen molar-refractivity contribution in [1.29, 1.82) is 0 Å². The van der Waals surface area contributed by atoms with Gasteiger partial charge in [-0.2, -0.15) is 8.78 Å². The number of Topliss-reactive ketones (excluding diaryl/α,β-unsaturated/α-hetero) is 1. The van der Waals surface area contributed by atoms with Gasteiger partial charge in [0.15, 0.2) is 0 Å². The molecular weight excluding hydrogens is 368 g/mol. The lowest BCUT2D eigenvalue weighted by Gasteiger charge is -2.13. The standard InChI is InChI=1S/C14H8F4N2O4S/c15-6-3-7(5-20-4-6)24-8-1-2-9(25(19,22)23)11-10(8)12(16)14(17,18)13(11)21/h1-5,12H,(H2,19,22,23). The minimum Gasteiger partial charge on any atom is -0.455 e. The molecular formula is C14H8F4N2O4S. The molecule has 1 aliphatic rings. The molecule has 0 aliphatic heterocycles. The van der Waals surface area contributed by atoms with Gasteiger partial charge in [0, 0.05) is 11.6 Å². The van der Waals surface area contributed by atoms with Gasteiger partial charge in [-0.3, -0.25) is 9.78 Å². The van der Waals surface area contributed by atoms with Crippen LogP contribution in [0.1, 0.15) is 22.1 Å². The zero-order valence-corrected chi connectivity index (χ0v) is 12.9. The molecule has 1 heterocycles. The van der Waals surface area contributed by atoms with Crippen LogP contribution < -0.4 is 9.88 Å². The van der Waals surface area contributed by atoms with Crippen molar-refractivity contribution in [3.05, 3.63) is 47.5 Å². The Hall–Kier alpha value is -2.53. The van der Waals surface area contributed by atoms with Gasteiger partial charge in [-0.05, 0) is 12.1 Å². The second kappa shape index (κ2) is 5.49. The topological polar surface area (TPSA) is 99.3 Å². The maximum atomic E-state index is 14.2. The van der Waals surface area contributed by atoms with Crippen molar-refractivity contribution < 1.29 is 35.5 Å². The lowest BCUT2D eigenvalue weighted by molar-refractivity contribution is -0.0368. The minimum atomic E-state index is -4.58. The fraction of sp³-hybridized carbons (Fsp3) is 0.143. The normalized spacial score (nSPS) is 18.9. The molecule has 1 unspecified atom stereocenters. The molecule has 3 rings (SSSR count). The van der Waals surface area contributed by atoms with E-state index in [0.717, 1.165) is 30.6 Å². The number of ether oxygens (including phenoxy) is 1. The van der Waals surface area contributed by atoms with E-state index in [4.69, 9.17) is 9.88 Å². The van der Waals surface area contributed by atoms with Gasteiger partial charge >= 0.3 is 5.92 Å². The zero-order chi connectivity index (χ0) is 18.6. The average Bonchev–Trinajstić information content (AvgIpc) is 2.68. The molecule has 11 heteroatoms. The Kier molecular flexibility index (Phi) is 3.80. The van der Waals surface area contributed by atoms with Crippen molar-refractivity contribution in [3.8, 4) is 11.5 Å². The molecule has 25 heavy (non-hydrogen) atoms. The molecule has 0 fully saturated rings. The third kappa shape index (κ3) is 2.74. The maximum Gasteiger partial charge on any atom is 0.344 e. The van der Waals surface area contributed by atoms with E-state index in [1.165, 1.54) is 0 Å². The Morgan fingerprint density at radius 1 is 1.24 bits per heavy atom. The predicted molar refractivity (Wildman–Crippen MR) is 75.2 cm³/mol. The Morgan fingerprint density at radius 2 is 1.92 bits per heavy atom. The number of aromatic nitrogens is 1. The van der Waals surface area contributed by atoms with Crippen LogP contribution in [0.4, 0.5) is 17.6 Å². The summed E-state index contributed by atoms with van der Waals surface area (Å²) in [6.45, 7) is 0. The zero-order valence-electron chi connectivity index (χ0n) is 12.0. The van der Waals surface area contributed by atoms with Gasteiger partial charge in [0.05, 0.1) is 22.9 Å². The number of carbonyl (C=O) groups excluding carboxylic acids is 1. The number of sulfonamides is 1. The molecule has 0 saturated carbocycles. The molecule has 0 bridgehead atoms. The number of carbonyl (C=O) groups is 1. The van der Waals surface area contributed by atoms with E-state index >= 15 is 0 Å². The second-order valence-electron chi connectivity index (χ2n) is 5.15. The van der Waals surface area contributed by atoms with Crippen molar-refractivity contribution in [2.24, 2.45) is 5.14 Å². The summed E-state index contributed by atoms with van der Waals surface area (Å²) < 4.78 is 83.1. The Balaban J connectivity index is 2.23. The van der Waals surface area contributed by atoms with Gasteiger partial charge in [0.25, 0.3) is 0 Å². The summed E-state index contributed by atoms with van der Waals surface area (Å²) in [6.07, 6.45) is -1.28. The predicted octanol–water partition coefficient (Wildman–Crippen LogP) is 2.50. The Labute approximate surface area is 138 Å². The van der Waals surface area contributed by atoms with E-state index < -0.39 is 55.5 Å². The van der Waals surface area contributed by atoms with Crippen molar-refractivity contribution in [1.82, 2.24) is 4.98 Å². The van der Waals surface area contributed by atoms with Crippen LogP contribution in [0.3, 0.4) is 0 Å². The van der Waals surface area contributed by atoms with Crippen LogP contribution in [-0.4, -0.2) is 25.1 Å². The highest BCUT2D eigenvalue weighted by Crippen LogP contribution is 2.51. The Bertz CT molecular complexity index is 994. The number of nitrogens with zero attached hydrogens (tertiary/aromatic N) is 1. The van der Waals surface area contributed by atoms with Crippen LogP contribution in [0.25, 0.3) is 0 Å². The summed E-state index contributed by atoms with van der Waals surface area (Å²) in [5.74, 6) is -8.16. The van der Waals surface area contributed by atoms with Crippen LogP contribution in [-0.2, 0) is 10.0 Å². The van der Waals surface area contributed by atoms with Crippen molar-refractivity contribution in [2.75, 3.05) is 0 Å². The first-order valence-electron chi connectivity index (χ1n) is 6.58. The lowest BCUT2D eigenvalue weighted by Crippen LogP contribution is -2.27. The summed E-state index contributed by atoms with van der Waals surface area (Å²) in [6, 6.07) is 2.43. The number of pyridine rings is 1. The maximum absolute atomic E-state index is 14.2. The average molecular weight is 376 g/mol. The van der Waals surface area contributed by atoms with E-state index in [-0.39, 0.29) is 5.75 Å². The van der Waals surface area contributed by atoms with Crippen molar-refractivity contribution in [3.63, 3.8) is 0 Å². The van der Waals surface area contributed by atoms with Gasteiger partial charge in [-0.15, -0.1) is 0 Å². The van der Waals surface area contributed by atoms with Crippen LogP contribution in [0, 0.1) is 5.82 Å². The van der Waals surface area contributed by atoms with Gasteiger partial charge < -0.3 is 4.74 Å². The van der Waals surface area contributed by atoms with Crippen LogP contribution in [0.2, 0.25) is 0 Å². The van der Waals surface area contributed by atoms with Crippen LogP contribution in [0.5, 0.6) is 11.5 Å². The van der Waals surface area contributed by atoms with Crippen molar-refractivity contribution >= 4 is 15.8 Å². The van der Waals surface area contributed by atoms with Gasteiger partial charge in [-0.25, -0.2) is 22.3 Å². The quantitative estimate of drug-likeness (QED) is 0.830. The second-order valence-corrected chi connectivity index (χ2v) is 6.68. The molecule has 1 aliphatic carbocycles. The molecule has 2 aromatic rings. The van der Waals surface area contributed by atoms with E-state index in [0.29, 0.717) is 0 Å². The third-order valence-electron chi connectivity index (χ3n) is 3.48. The molecule has 0 amide bonds. The number of alkyl halides is 3. The largest absolute Gasteiger partial charge is 0.455 e. The molecule has 0 radical (unpaired) electrons. The van der Waals surface area contributed by atoms with Crippen molar-refractivity contribution in [2.45, 2.75) is 17.0 Å². The number of hydrogen-bond donors (Lipinski definition) is 1. The van der Waals surface area contributed by atoms with Gasteiger partial charge in [0.1, 0.15) is 17.3 Å². The van der Waals surface area contributed by atoms with Crippen LogP contribution >= 0.6 is 0 Å². The number of primary sulfonamides is 1. The number of hydrogen-bond acceptors (Lipinski definition) is 5. The first-order chi connectivity index (χ1) is 11.5. The van der Waals surface area contributed by atoms with Gasteiger partial charge in [-0.1, -0.05) is 0 Å². The summed E-state index contributed by atoms with van der Waals surface area (Å²) in [7, 11) is -4.58. The highest BCUT2D eigenvalue weighted by Gasteiger charge is 2.59. The molecule has 1 atom stereocenters. The fourth-order valence-corrected chi connectivity index (χ4v) is 3.18. The summed E-state index contributed by atoms with van der Waals surface area (Å²) in [4.78, 5) is 14.3. The molecule has 1 aromatic carbocycles. The molecule has 132 valence electrons. The lowest BCUT2D eigenvalue weighted by atomic mass is 10.1. The first kappa shape index (κ1) is 17.3. The van der Waals surface area contributed by atoms with E-state index in [9.17, 15) is 30.8 Å². The first-order valence-corrected chi connectivity index (χ1v) is 8.13. The third-order valence-corrected chi connectivity index (χ3v) is 4.44. The van der Waals surface area contributed by atoms with E-state index in [1.807, 2.05) is 0 Å². The number of nitrogens with two attached hydrogens (primary N) is 1.